The number of hydrogen-bond donors (Lipinski definition) is 1. The average Bonchev–Trinajstić information content (AvgIpc) is 2.23. The summed E-state index contributed by atoms with van der Waals surface area (Å²) in [5.41, 5.74) is 0. The van der Waals surface area contributed by atoms with Crippen LogP contribution in [0.15, 0.2) is 23.1 Å². The second-order valence-electron chi connectivity index (χ2n) is 2.76. The number of halogens is 2. The zero-order valence-corrected chi connectivity index (χ0v) is 10.4. The van der Waals surface area contributed by atoms with E-state index in [0.717, 1.165) is 10.6 Å². The van der Waals surface area contributed by atoms with Crippen LogP contribution in [0.1, 0.15) is 0 Å². The molecule has 1 aromatic rings. The molecule has 0 unspecified atom stereocenters. The van der Waals surface area contributed by atoms with Crippen LogP contribution >= 0.6 is 35.0 Å². The number of rotatable bonds is 6. The summed E-state index contributed by atoms with van der Waals surface area (Å²) in [6, 6.07) is 5.53. The van der Waals surface area contributed by atoms with Crippen molar-refractivity contribution in [1.82, 2.24) is 0 Å². The lowest BCUT2D eigenvalue weighted by atomic mass is 10.4. The van der Waals surface area contributed by atoms with Crippen molar-refractivity contribution in [3.05, 3.63) is 28.2 Å². The second kappa shape index (κ2) is 7.36. The van der Waals surface area contributed by atoms with E-state index in [2.05, 4.69) is 0 Å². The van der Waals surface area contributed by atoms with Crippen molar-refractivity contribution < 1.29 is 9.84 Å². The summed E-state index contributed by atoms with van der Waals surface area (Å²) in [7, 11) is 0. The molecular formula is C10H12Cl2O2S. The van der Waals surface area contributed by atoms with Gasteiger partial charge in [0, 0.05) is 10.6 Å². The van der Waals surface area contributed by atoms with Crippen LogP contribution in [-0.2, 0) is 4.74 Å². The third-order valence-corrected chi connectivity index (χ3v) is 3.32. The number of aliphatic hydroxyl groups excluding tert-OH is 1. The Morgan fingerprint density at radius 2 is 2.00 bits per heavy atom. The SMILES string of the molecule is OCCOCCSc1ccc(Cl)c(Cl)c1. The highest BCUT2D eigenvalue weighted by Gasteiger charge is 1.99. The van der Waals surface area contributed by atoms with Crippen molar-refractivity contribution in [1.29, 1.82) is 0 Å². The highest BCUT2D eigenvalue weighted by Crippen LogP contribution is 2.27. The Kier molecular flexibility index (Phi) is 6.45. The van der Waals surface area contributed by atoms with Gasteiger partial charge in [0.2, 0.25) is 0 Å². The number of ether oxygens (including phenoxy) is 1. The van der Waals surface area contributed by atoms with Gasteiger partial charge in [-0.2, -0.15) is 0 Å². The summed E-state index contributed by atoms with van der Waals surface area (Å²) in [5.74, 6) is 0.831. The molecule has 0 aliphatic heterocycles. The Labute approximate surface area is 104 Å². The first kappa shape index (κ1) is 13.1. The standard InChI is InChI=1S/C10H12Cl2O2S/c11-9-2-1-8(7-10(9)12)15-6-5-14-4-3-13/h1-2,7,13H,3-6H2. The van der Waals surface area contributed by atoms with E-state index in [4.69, 9.17) is 33.0 Å². The Morgan fingerprint density at radius 3 is 2.67 bits per heavy atom. The Morgan fingerprint density at radius 1 is 1.20 bits per heavy atom. The van der Waals surface area contributed by atoms with Crippen molar-refractivity contribution in [2.45, 2.75) is 4.90 Å². The molecule has 0 aromatic heterocycles. The van der Waals surface area contributed by atoms with Gasteiger partial charge < -0.3 is 9.84 Å². The van der Waals surface area contributed by atoms with Gasteiger partial charge in [0.25, 0.3) is 0 Å². The summed E-state index contributed by atoms with van der Waals surface area (Å²) >= 11 is 13.3. The summed E-state index contributed by atoms with van der Waals surface area (Å²) in [6.45, 7) is 1.07. The average molecular weight is 267 g/mol. The monoisotopic (exact) mass is 266 g/mol. The number of thioether (sulfide) groups is 1. The first-order valence-corrected chi connectivity index (χ1v) is 6.24. The molecule has 0 amide bonds. The molecule has 1 aromatic carbocycles. The van der Waals surface area contributed by atoms with E-state index >= 15 is 0 Å². The summed E-state index contributed by atoms with van der Waals surface area (Å²) in [5, 5.41) is 9.62. The quantitative estimate of drug-likeness (QED) is 0.634. The molecule has 1 N–H and O–H groups in total. The lowest BCUT2D eigenvalue weighted by molar-refractivity contribution is 0.103. The third kappa shape index (κ3) is 5.09. The summed E-state index contributed by atoms with van der Waals surface area (Å²) < 4.78 is 5.13. The Hall–Kier alpha value is 0.0700. The van der Waals surface area contributed by atoms with Crippen LogP contribution in [0, 0.1) is 0 Å². The first-order valence-electron chi connectivity index (χ1n) is 4.50. The fourth-order valence-electron chi connectivity index (χ4n) is 0.952. The molecule has 5 heteroatoms. The predicted molar refractivity (Wildman–Crippen MR) is 65.1 cm³/mol. The van der Waals surface area contributed by atoms with Crippen molar-refractivity contribution in [3.63, 3.8) is 0 Å². The van der Waals surface area contributed by atoms with Gasteiger partial charge in [-0.05, 0) is 18.2 Å². The van der Waals surface area contributed by atoms with Crippen LogP contribution in [0.3, 0.4) is 0 Å². The van der Waals surface area contributed by atoms with E-state index in [1.165, 1.54) is 0 Å². The largest absolute Gasteiger partial charge is 0.394 e. The van der Waals surface area contributed by atoms with Crippen molar-refractivity contribution in [3.8, 4) is 0 Å². The van der Waals surface area contributed by atoms with Gasteiger partial charge in [0.1, 0.15) is 0 Å². The second-order valence-corrected chi connectivity index (χ2v) is 4.74. The van der Waals surface area contributed by atoms with Gasteiger partial charge in [-0.15, -0.1) is 11.8 Å². The predicted octanol–water partition coefficient (Wildman–Crippen LogP) is 3.09. The van der Waals surface area contributed by atoms with E-state index in [9.17, 15) is 0 Å². The summed E-state index contributed by atoms with van der Waals surface area (Å²) in [4.78, 5) is 1.07. The smallest absolute Gasteiger partial charge is 0.0698 e. The van der Waals surface area contributed by atoms with E-state index in [1.807, 2.05) is 12.1 Å². The van der Waals surface area contributed by atoms with E-state index in [0.29, 0.717) is 23.3 Å². The molecule has 15 heavy (non-hydrogen) atoms. The van der Waals surface area contributed by atoms with Gasteiger partial charge in [-0.3, -0.25) is 0 Å². The summed E-state index contributed by atoms with van der Waals surface area (Å²) in [6.07, 6.45) is 0. The van der Waals surface area contributed by atoms with Gasteiger partial charge in [-0.1, -0.05) is 23.2 Å². The maximum Gasteiger partial charge on any atom is 0.0698 e. The number of aliphatic hydroxyl groups is 1. The highest BCUT2D eigenvalue weighted by atomic mass is 35.5. The molecule has 0 spiro atoms. The minimum Gasteiger partial charge on any atom is -0.394 e. The van der Waals surface area contributed by atoms with Crippen LogP contribution in [0.4, 0.5) is 0 Å². The fraction of sp³-hybridized carbons (Fsp3) is 0.400. The molecule has 1 rings (SSSR count). The molecule has 84 valence electrons. The van der Waals surface area contributed by atoms with Crippen molar-refractivity contribution in [2.75, 3.05) is 25.6 Å². The van der Waals surface area contributed by atoms with E-state index in [-0.39, 0.29) is 6.61 Å². The maximum atomic E-state index is 8.49. The van der Waals surface area contributed by atoms with Gasteiger partial charge in [0.15, 0.2) is 0 Å². The van der Waals surface area contributed by atoms with Crippen LogP contribution in [0.2, 0.25) is 10.0 Å². The van der Waals surface area contributed by atoms with Gasteiger partial charge in [-0.25, -0.2) is 0 Å². The third-order valence-electron chi connectivity index (χ3n) is 1.62. The van der Waals surface area contributed by atoms with Gasteiger partial charge >= 0.3 is 0 Å². The molecule has 0 bridgehead atoms. The lowest BCUT2D eigenvalue weighted by Gasteiger charge is -2.03. The molecule has 0 radical (unpaired) electrons. The molecule has 2 nitrogen and oxygen atoms in total. The first-order chi connectivity index (χ1) is 7.24. The zero-order valence-electron chi connectivity index (χ0n) is 8.08. The highest BCUT2D eigenvalue weighted by molar-refractivity contribution is 7.99. The zero-order chi connectivity index (χ0) is 11.1. The van der Waals surface area contributed by atoms with Gasteiger partial charge in [0.05, 0.1) is 29.9 Å². The maximum absolute atomic E-state index is 8.49. The molecule has 0 saturated carbocycles. The normalized spacial score (nSPS) is 10.6. The van der Waals surface area contributed by atoms with E-state index < -0.39 is 0 Å². The van der Waals surface area contributed by atoms with Crippen LogP contribution < -0.4 is 0 Å². The molecule has 0 aliphatic rings. The fourth-order valence-corrected chi connectivity index (χ4v) is 2.12. The Balaban J connectivity index is 2.28. The van der Waals surface area contributed by atoms with Crippen LogP contribution in [0.5, 0.6) is 0 Å². The molecule has 0 fully saturated rings. The molecular weight excluding hydrogens is 255 g/mol. The number of hydrogen-bond acceptors (Lipinski definition) is 3. The van der Waals surface area contributed by atoms with Crippen LogP contribution in [-0.4, -0.2) is 30.7 Å². The van der Waals surface area contributed by atoms with Crippen molar-refractivity contribution >= 4 is 35.0 Å². The molecule has 0 atom stereocenters. The molecule has 0 aliphatic carbocycles. The van der Waals surface area contributed by atoms with Crippen molar-refractivity contribution in [2.24, 2.45) is 0 Å². The lowest BCUT2D eigenvalue weighted by Crippen LogP contribution is -2.02. The minimum atomic E-state index is 0.0669. The van der Waals surface area contributed by atoms with E-state index in [1.54, 1.807) is 17.8 Å². The Bertz CT molecular complexity index is 307. The molecule has 0 heterocycles. The number of benzene rings is 1. The minimum absolute atomic E-state index is 0.0669. The topological polar surface area (TPSA) is 29.5 Å². The van der Waals surface area contributed by atoms with Crippen LogP contribution in [0.25, 0.3) is 0 Å². The molecule has 0 saturated heterocycles.